The van der Waals surface area contributed by atoms with Gasteiger partial charge in [0.1, 0.15) is 0 Å². The van der Waals surface area contributed by atoms with E-state index in [0.717, 1.165) is 43.5 Å². The van der Waals surface area contributed by atoms with Crippen molar-refractivity contribution in [2.24, 2.45) is 5.92 Å². The van der Waals surface area contributed by atoms with Gasteiger partial charge in [0, 0.05) is 37.0 Å². The number of carbonyl (C=O) groups excluding carboxylic acids is 1. The molecule has 1 amide bonds. The van der Waals surface area contributed by atoms with Crippen molar-refractivity contribution in [3.63, 3.8) is 0 Å². The summed E-state index contributed by atoms with van der Waals surface area (Å²) in [5.74, 6) is 0.278. The molecule has 2 fully saturated rings. The van der Waals surface area contributed by atoms with Gasteiger partial charge < -0.3 is 20.1 Å². The topological polar surface area (TPSA) is 61.8 Å². The summed E-state index contributed by atoms with van der Waals surface area (Å²) < 4.78 is 5.79. The fraction of sp³-hybridized carbons (Fsp3) is 0.650. The quantitative estimate of drug-likeness (QED) is 0.880. The Bertz CT molecular complexity index is 582. The highest BCUT2D eigenvalue weighted by molar-refractivity contribution is 5.95. The van der Waals surface area contributed by atoms with E-state index in [9.17, 15) is 9.90 Å². The number of rotatable bonds is 4. The van der Waals surface area contributed by atoms with Gasteiger partial charge in [0.25, 0.3) is 5.91 Å². The lowest BCUT2D eigenvalue weighted by Crippen LogP contribution is -2.41. The maximum absolute atomic E-state index is 12.8. The normalized spacial score (nSPS) is 30.1. The second-order valence-electron chi connectivity index (χ2n) is 7.59. The van der Waals surface area contributed by atoms with Gasteiger partial charge in [-0.05, 0) is 63.6 Å². The lowest BCUT2D eigenvalue weighted by atomic mass is 9.98. The minimum absolute atomic E-state index is 0.0653. The molecule has 0 saturated carbocycles. The number of carbonyl (C=O) groups is 1. The second kappa shape index (κ2) is 8.19. The third kappa shape index (κ3) is 4.73. The summed E-state index contributed by atoms with van der Waals surface area (Å²) in [6, 6.07) is 8.17. The van der Waals surface area contributed by atoms with Crippen molar-refractivity contribution in [3.05, 3.63) is 29.8 Å². The molecule has 0 aliphatic carbocycles. The molecule has 1 aromatic rings. The molecule has 138 valence electrons. The molecule has 3 rings (SSSR count). The molecule has 3 unspecified atom stereocenters. The minimum atomic E-state index is 0.0653. The number of hydrogen-bond donors (Lipinski definition) is 2. The summed E-state index contributed by atoms with van der Waals surface area (Å²) >= 11 is 0. The van der Waals surface area contributed by atoms with Gasteiger partial charge in [0.15, 0.2) is 0 Å². The Labute approximate surface area is 150 Å². The molecule has 0 radical (unpaired) electrons. The van der Waals surface area contributed by atoms with Crippen LogP contribution in [0.5, 0.6) is 0 Å². The van der Waals surface area contributed by atoms with Crippen LogP contribution in [0.4, 0.5) is 5.69 Å². The van der Waals surface area contributed by atoms with Crippen LogP contribution in [0.2, 0.25) is 0 Å². The molecule has 1 aromatic carbocycles. The smallest absolute Gasteiger partial charge is 0.253 e. The van der Waals surface area contributed by atoms with Crippen molar-refractivity contribution < 1.29 is 14.6 Å². The molecular weight excluding hydrogens is 316 g/mol. The van der Waals surface area contributed by atoms with Gasteiger partial charge in [-0.15, -0.1) is 0 Å². The average molecular weight is 346 g/mol. The van der Waals surface area contributed by atoms with Gasteiger partial charge in [-0.25, -0.2) is 0 Å². The van der Waals surface area contributed by atoms with Gasteiger partial charge in [-0.2, -0.15) is 0 Å². The Kier molecular flexibility index (Phi) is 5.97. The lowest BCUT2D eigenvalue weighted by Gasteiger charge is -2.33. The van der Waals surface area contributed by atoms with Gasteiger partial charge in [-0.3, -0.25) is 4.79 Å². The number of anilines is 1. The first-order chi connectivity index (χ1) is 12.0. The van der Waals surface area contributed by atoms with Gasteiger partial charge in [-0.1, -0.05) is 6.07 Å². The summed E-state index contributed by atoms with van der Waals surface area (Å²) in [7, 11) is 0. The van der Waals surface area contributed by atoms with E-state index in [-0.39, 0.29) is 30.6 Å². The van der Waals surface area contributed by atoms with Crippen LogP contribution in [0.1, 0.15) is 49.9 Å². The summed E-state index contributed by atoms with van der Waals surface area (Å²) in [6.45, 7) is 5.81. The van der Waals surface area contributed by atoms with Gasteiger partial charge in [0.05, 0.1) is 12.2 Å². The number of hydrogen-bond acceptors (Lipinski definition) is 4. The van der Waals surface area contributed by atoms with E-state index in [1.165, 1.54) is 0 Å². The summed E-state index contributed by atoms with van der Waals surface area (Å²) in [4.78, 5) is 14.7. The molecule has 3 atom stereocenters. The number of piperidine rings is 1. The number of likely N-dealkylation sites (tertiary alicyclic amines) is 1. The van der Waals surface area contributed by atoms with Crippen molar-refractivity contribution in [1.82, 2.24) is 4.90 Å². The van der Waals surface area contributed by atoms with E-state index >= 15 is 0 Å². The Hall–Kier alpha value is -1.59. The van der Waals surface area contributed by atoms with E-state index < -0.39 is 0 Å². The number of aliphatic hydroxyl groups excluding tert-OH is 1. The summed E-state index contributed by atoms with van der Waals surface area (Å²) in [5, 5.41) is 12.9. The van der Waals surface area contributed by atoms with Crippen LogP contribution in [0.3, 0.4) is 0 Å². The van der Waals surface area contributed by atoms with Crippen LogP contribution >= 0.6 is 0 Å². The summed E-state index contributed by atoms with van der Waals surface area (Å²) in [5.41, 5.74) is 1.71. The van der Waals surface area contributed by atoms with E-state index in [1.54, 1.807) is 0 Å². The number of nitrogens with one attached hydrogen (secondary N) is 1. The maximum atomic E-state index is 12.8. The first-order valence-corrected chi connectivity index (χ1v) is 9.47. The van der Waals surface area contributed by atoms with Gasteiger partial charge in [0.2, 0.25) is 0 Å². The fourth-order valence-corrected chi connectivity index (χ4v) is 4.08. The van der Waals surface area contributed by atoms with Crippen LogP contribution in [0, 0.1) is 5.92 Å². The third-order valence-electron chi connectivity index (χ3n) is 5.24. The van der Waals surface area contributed by atoms with Crippen molar-refractivity contribution >= 4 is 11.6 Å². The van der Waals surface area contributed by atoms with E-state index in [4.69, 9.17) is 4.74 Å². The molecule has 5 nitrogen and oxygen atoms in total. The first-order valence-electron chi connectivity index (χ1n) is 9.47. The largest absolute Gasteiger partial charge is 0.396 e. The SMILES string of the molecule is CC1CC(Nc2cccc(C(=O)N3CCCC(CO)C3)c2)CC(C)O1. The fourth-order valence-electron chi connectivity index (χ4n) is 4.08. The first kappa shape index (κ1) is 18.2. The zero-order valence-electron chi connectivity index (χ0n) is 15.3. The van der Waals surface area contributed by atoms with Crippen molar-refractivity contribution in [2.75, 3.05) is 25.0 Å². The molecule has 5 heteroatoms. The maximum Gasteiger partial charge on any atom is 0.253 e. The number of nitrogens with zero attached hydrogens (tertiary/aromatic N) is 1. The Morgan fingerprint density at radius 2 is 2.08 bits per heavy atom. The third-order valence-corrected chi connectivity index (χ3v) is 5.24. The predicted molar refractivity (Wildman–Crippen MR) is 98.8 cm³/mol. The van der Waals surface area contributed by atoms with Crippen molar-refractivity contribution in [1.29, 1.82) is 0 Å². The van der Waals surface area contributed by atoms with Crippen LogP contribution in [-0.4, -0.2) is 53.9 Å². The van der Waals surface area contributed by atoms with Crippen molar-refractivity contribution in [2.45, 2.75) is 57.8 Å². The number of aliphatic hydroxyl groups is 1. The van der Waals surface area contributed by atoms with Crippen LogP contribution in [-0.2, 0) is 4.74 Å². The molecule has 2 aliphatic heterocycles. The molecule has 0 aromatic heterocycles. The molecular formula is C20H30N2O3. The number of ether oxygens (including phenoxy) is 1. The van der Waals surface area contributed by atoms with Crippen LogP contribution < -0.4 is 5.32 Å². The molecule has 2 aliphatic rings. The van der Waals surface area contributed by atoms with Crippen LogP contribution in [0.25, 0.3) is 0 Å². The zero-order chi connectivity index (χ0) is 17.8. The van der Waals surface area contributed by atoms with Crippen LogP contribution in [0.15, 0.2) is 24.3 Å². The molecule has 2 heterocycles. The zero-order valence-corrected chi connectivity index (χ0v) is 15.3. The molecule has 0 bridgehead atoms. The molecule has 2 N–H and O–H groups in total. The van der Waals surface area contributed by atoms with E-state index in [2.05, 4.69) is 19.2 Å². The van der Waals surface area contributed by atoms with Gasteiger partial charge >= 0.3 is 0 Å². The molecule has 25 heavy (non-hydrogen) atoms. The second-order valence-corrected chi connectivity index (χ2v) is 7.59. The number of amides is 1. The standard InChI is InChI=1S/C20H30N2O3/c1-14-9-19(10-15(2)25-14)21-18-7-3-6-17(11-18)20(24)22-8-4-5-16(12-22)13-23/h3,6-7,11,14-16,19,21,23H,4-5,8-10,12-13H2,1-2H3. The highest BCUT2D eigenvalue weighted by Crippen LogP contribution is 2.24. The Balaban J connectivity index is 1.65. The average Bonchev–Trinajstić information content (AvgIpc) is 2.60. The minimum Gasteiger partial charge on any atom is -0.396 e. The monoisotopic (exact) mass is 346 g/mol. The molecule has 2 saturated heterocycles. The highest BCUT2D eigenvalue weighted by atomic mass is 16.5. The van der Waals surface area contributed by atoms with E-state index in [0.29, 0.717) is 12.6 Å². The lowest BCUT2D eigenvalue weighted by molar-refractivity contribution is -0.0337. The Morgan fingerprint density at radius 3 is 2.80 bits per heavy atom. The predicted octanol–water partition coefficient (Wildman–Crippen LogP) is 2.90. The number of benzene rings is 1. The van der Waals surface area contributed by atoms with Crippen molar-refractivity contribution in [3.8, 4) is 0 Å². The summed E-state index contributed by atoms with van der Waals surface area (Å²) in [6.07, 6.45) is 4.44. The van der Waals surface area contributed by atoms with E-state index in [1.807, 2.05) is 29.2 Å². The molecule has 0 spiro atoms. The Morgan fingerprint density at radius 1 is 1.32 bits per heavy atom. The highest BCUT2D eigenvalue weighted by Gasteiger charge is 2.26.